The Balaban J connectivity index is 1.99. The maximum Gasteiger partial charge on any atom is 0.358 e. The number of methoxy groups -OCH3 is 1. The molecular weight excluding hydrogens is 356 g/mol. The monoisotopic (exact) mass is 377 g/mol. The summed E-state index contributed by atoms with van der Waals surface area (Å²) in [5.74, 6) is 0.295. The topological polar surface area (TPSA) is 91.2 Å². The molecule has 0 bridgehead atoms. The van der Waals surface area contributed by atoms with Crippen molar-refractivity contribution in [2.24, 2.45) is 0 Å². The molecule has 0 radical (unpaired) electrons. The van der Waals surface area contributed by atoms with Crippen molar-refractivity contribution in [1.29, 1.82) is 5.26 Å². The number of aromatic nitrogens is 2. The van der Waals surface area contributed by atoms with Crippen LogP contribution in [0.4, 0.5) is 5.69 Å². The van der Waals surface area contributed by atoms with Gasteiger partial charge in [-0.15, -0.1) is 0 Å². The molecule has 1 N–H and O–H groups in total. The fourth-order valence-electron chi connectivity index (χ4n) is 3.37. The third kappa shape index (κ3) is 3.45. The quantitative estimate of drug-likeness (QED) is 0.673. The molecule has 0 aliphatic rings. The molecular formula is C21H21N4O3+. The van der Waals surface area contributed by atoms with E-state index in [1.165, 1.54) is 7.11 Å². The van der Waals surface area contributed by atoms with E-state index in [9.17, 15) is 10.1 Å². The van der Waals surface area contributed by atoms with Gasteiger partial charge in [0.1, 0.15) is 0 Å². The van der Waals surface area contributed by atoms with E-state index in [4.69, 9.17) is 10.00 Å². The van der Waals surface area contributed by atoms with Gasteiger partial charge in [-0.25, -0.2) is 5.21 Å². The fraction of sp³-hybridized carbons (Fsp3) is 0.238. The number of aryl methyl sites for hydroxylation is 2. The number of hydrogen-bond donors (Lipinski definition) is 1. The molecule has 0 atom stereocenters. The normalized spacial score (nSPS) is 10.5. The molecule has 0 aliphatic carbocycles. The highest BCUT2D eigenvalue weighted by Crippen LogP contribution is 2.30. The second-order valence-corrected chi connectivity index (χ2v) is 6.62. The Morgan fingerprint density at radius 3 is 2.57 bits per heavy atom. The Morgan fingerprint density at radius 1 is 1.21 bits per heavy atom. The fourth-order valence-corrected chi connectivity index (χ4v) is 3.37. The molecule has 7 heteroatoms. The molecule has 0 aliphatic heterocycles. The molecule has 3 aromatic rings. The molecule has 0 amide bonds. The van der Waals surface area contributed by atoms with Gasteiger partial charge in [0.15, 0.2) is 0 Å². The summed E-state index contributed by atoms with van der Waals surface area (Å²) in [5.41, 5.74) is 6.31. The van der Waals surface area contributed by atoms with Gasteiger partial charge in [0, 0.05) is 17.3 Å². The number of rotatable bonds is 5. The second kappa shape index (κ2) is 7.53. The minimum Gasteiger partial charge on any atom is -0.490 e. The Bertz CT molecular complexity index is 1110. The second-order valence-electron chi connectivity index (χ2n) is 6.62. The Hall–Kier alpha value is -3.66. The molecule has 28 heavy (non-hydrogen) atoms. The number of hydrogen-bond acceptors (Lipinski definition) is 4. The SMILES string of the molecule is COc1ccc(Cn2nc(C)c(-c3ccc(C#N)c(C)c3)c2C)cc1[N+](=O)O. The molecule has 142 valence electrons. The first-order valence-corrected chi connectivity index (χ1v) is 8.74. The van der Waals surface area contributed by atoms with Gasteiger partial charge < -0.3 is 4.74 Å². The molecule has 1 aromatic heterocycles. The van der Waals surface area contributed by atoms with Crippen molar-refractivity contribution in [1.82, 2.24) is 9.78 Å². The lowest BCUT2D eigenvalue weighted by molar-refractivity contribution is -0.730. The first-order chi connectivity index (χ1) is 13.3. The average molecular weight is 377 g/mol. The van der Waals surface area contributed by atoms with Crippen LogP contribution in [0.5, 0.6) is 5.75 Å². The van der Waals surface area contributed by atoms with Gasteiger partial charge in [-0.05, 0) is 55.7 Å². The summed E-state index contributed by atoms with van der Waals surface area (Å²) in [5, 5.41) is 23.1. The number of ether oxygens (including phenoxy) is 1. The summed E-state index contributed by atoms with van der Waals surface area (Å²) in [6, 6.07) is 13.0. The molecule has 0 spiro atoms. The van der Waals surface area contributed by atoms with Gasteiger partial charge in [0.2, 0.25) is 5.75 Å². The van der Waals surface area contributed by atoms with Gasteiger partial charge in [-0.1, -0.05) is 12.1 Å². The van der Waals surface area contributed by atoms with E-state index in [0.717, 1.165) is 33.6 Å². The third-order valence-corrected chi connectivity index (χ3v) is 4.80. The lowest BCUT2D eigenvalue weighted by Crippen LogP contribution is -2.05. The van der Waals surface area contributed by atoms with Crippen LogP contribution in [0, 0.1) is 37.0 Å². The summed E-state index contributed by atoms with van der Waals surface area (Å²) in [6.07, 6.45) is 0. The van der Waals surface area contributed by atoms with Gasteiger partial charge >= 0.3 is 5.69 Å². The zero-order valence-corrected chi connectivity index (χ0v) is 16.2. The highest BCUT2D eigenvalue weighted by molar-refractivity contribution is 5.70. The van der Waals surface area contributed by atoms with E-state index in [0.29, 0.717) is 17.9 Å². The van der Waals surface area contributed by atoms with Gasteiger partial charge in [0.05, 0.1) is 35.9 Å². The van der Waals surface area contributed by atoms with E-state index in [1.807, 2.05) is 49.7 Å². The molecule has 3 rings (SSSR count). The largest absolute Gasteiger partial charge is 0.490 e. The van der Waals surface area contributed by atoms with E-state index in [-0.39, 0.29) is 10.6 Å². The van der Waals surface area contributed by atoms with Crippen molar-refractivity contribution in [2.45, 2.75) is 27.3 Å². The predicted molar refractivity (Wildman–Crippen MR) is 104 cm³/mol. The molecule has 7 nitrogen and oxygen atoms in total. The number of nitrogens with zero attached hydrogens (tertiary/aromatic N) is 4. The first-order valence-electron chi connectivity index (χ1n) is 8.74. The lowest BCUT2D eigenvalue weighted by atomic mass is 9.99. The summed E-state index contributed by atoms with van der Waals surface area (Å²) in [7, 11) is 1.44. The van der Waals surface area contributed by atoms with Crippen LogP contribution in [0.3, 0.4) is 0 Å². The van der Waals surface area contributed by atoms with E-state index >= 15 is 0 Å². The van der Waals surface area contributed by atoms with Gasteiger partial charge in [0.25, 0.3) is 4.92 Å². The minimum absolute atomic E-state index is 0.0458. The number of benzene rings is 2. The molecule has 1 heterocycles. The highest BCUT2D eigenvalue weighted by atomic mass is 16.6. The van der Waals surface area contributed by atoms with E-state index in [1.54, 1.807) is 12.1 Å². The van der Waals surface area contributed by atoms with Crippen molar-refractivity contribution in [2.75, 3.05) is 7.11 Å². The Morgan fingerprint density at radius 2 is 1.96 bits per heavy atom. The third-order valence-electron chi connectivity index (χ3n) is 4.80. The summed E-state index contributed by atoms with van der Waals surface area (Å²) in [4.78, 5) is 11.2. The van der Waals surface area contributed by atoms with Crippen LogP contribution in [0.2, 0.25) is 0 Å². The first kappa shape index (κ1) is 19.1. The molecule has 0 saturated carbocycles. The van der Waals surface area contributed by atoms with Crippen molar-refractivity contribution in [3.8, 4) is 22.9 Å². The van der Waals surface area contributed by atoms with Crippen LogP contribution in [0.15, 0.2) is 36.4 Å². The average Bonchev–Trinajstić information content (AvgIpc) is 2.94. The van der Waals surface area contributed by atoms with Crippen LogP contribution in [-0.2, 0) is 6.54 Å². The van der Waals surface area contributed by atoms with Crippen LogP contribution in [-0.4, -0.2) is 27.0 Å². The molecule has 0 unspecified atom stereocenters. The molecule has 0 fully saturated rings. The maximum atomic E-state index is 11.4. The maximum absolute atomic E-state index is 11.4. The highest BCUT2D eigenvalue weighted by Gasteiger charge is 2.21. The van der Waals surface area contributed by atoms with Crippen molar-refractivity contribution < 1.29 is 14.9 Å². The zero-order chi connectivity index (χ0) is 20.4. The van der Waals surface area contributed by atoms with Crippen LogP contribution < -0.4 is 4.74 Å². The van der Waals surface area contributed by atoms with Gasteiger partial charge in [-0.3, -0.25) is 4.68 Å². The summed E-state index contributed by atoms with van der Waals surface area (Å²) in [6.45, 7) is 6.28. The van der Waals surface area contributed by atoms with Crippen LogP contribution in [0.25, 0.3) is 11.1 Å². The van der Waals surface area contributed by atoms with Crippen LogP contribution >= 0.6 is 0 Å². The predicted octanol–water partition coefficient (Wildman–Crippen LogP) is 4.20. The lowest BCUT2D eigenvalue weighted by Gasteiger charge is -2.08. The van der Waals surface area contributed by atoms with Crippen molar-refractivity contribution in [3.63, 3.8) is 0 Å². The zero-order valence-electron chi connectivity index (χ0n) is 16.2. The minimum atomic E-state index is -0.200. The Kier molecular flexibility index (Phi) is 5.14. The van der Waals surface area contributed by atoms with Crippen molar-refractivity contribution >= 4 is 5.69 Å². The summed E-state index contributed by atoms with van der Waals surface area (Å²) >= 11 is 0. The summed E-state index contributed by atoms with van der Waals surface area (Å²) < 4.78 is 6.96. The molecule has 2 aromatic carbocycles. The van der Waals surface area contributed by atoms with E-state index < -0.39 is 0 Å². The molecule has 0 saturated heterocycles. The standard InChI is InChI=1S/C21H21N4O3/c1-13-9-17(6-7-18(13)11-22)21-14(2)23-24(15(21)3)12-16-5-8-20(28-4)19(10-16)25(26)27/h5-10H,12H2,1-4H3,(H,26,27)/q+1. The van der Waals surface area contributed by atoms with Crippen LogP contribution in [0.1, 0.15) is 28.1 Å². The van der Waals surface area contributed by atoms with Gasteiger partial charge in [-0.2, -0.15) is 10.4 Å². The van der Waals surface area contributed by atoms with E-state index in [2.05, 4.69) is 11.2 Å². The smallest absolute Gasteiger partial charge is 0.358 e. The number of nitriles is 1. The van der Waals surface area contributed by atoms with Crippen molar-refractivity contribution in [3.05, 3.63) is 69.4 Å². The Labute approximate surface area is 163 Å².